The van der Waals surface area contributed by atoms with Crippen LogP contribution in [0.25, 0.3) is 5.65 Å². The summed E-state index contributed by atoms with van der Waals surface area (Å²) in [6.45, 7) is 0. The van der Waals surface area contributed by atoms with Gasteiger partial charge in [-0.1, -0.05) is 24.1 Å². The number of hydrogen-bond acceptors (Lipinski definition) is 3. The van der Waals surface area contributed by atoms with Crippen molar-refractivity contribution in [3.63, 3.8) is 0 Å². The Bertz CT molecular complexity index is 728. The highest BCUT2D eigenvalue weighted by Crippen LogP contribution is 2.25. The van der Waals surface area contributed by atoms with Gasteiger partial charge < -0.3 is 10.4 Å². The number of carboxylic acid groups (broad SMARTS) is 1. The van der Waals surface area contributed by atoms with Crippen molar-refractivity contribution in [1.82, 2.24) is 14.7 Å². The second-order valence-electron chi connectivity index (χ2n) is 5.55. The lowest BCUT2D eigenvalue weighted by Gasteiger charge is -2.27. The van der Waals surface area contributed by atoms with E-state index in [0.29, 0.717) is 18.5 Å². The maximum atomic E-state index is 12.5. The zero-order chi connectivity index (χ0) is 15.7. The number of carbonyl (C=O) groups is 2. The van der Waals surface area contributed by atoms with E-state index in [-0.39, 0.29) is 22.8 Å². The summed E-state index contributed by atoms with van der Waals surface area (Å²) in [6, 6.07) is 5.23. The van der Waals surface area contributed by atoms with Crippen LogP contribution in [0.2, 0.25) is 5.15 Å². The van der Waals surface area contributed by atoms with E-state index >= 15 is 0 Å². The number of carboxylic acids is 1. The van der Waals surface area contributed by atoms with Gasteiger partial charge in [-0.05, 0) is 31.4 Å². The third-order valence-electron chi connectivity index (χ3n) is 4.06. The Morgan fingerprint density at radius 1 is 1.36 bits per heavy atom. The lowest BCUT2D eigenvalue weighted by molar-refractivity contribution is -0.143. The number of fused-ring (bicyclic) bond motifs is 1. The van der Waals surface area contributed by atoms with Crippen LogP contribution >= 0.6 is 11.6 Å². The summed E-state index contributed by atoms with van der Waals surface area (Å²) in [5.41, 5.74) is 0.888. The van der Waals surface area contributed by atoms with Gasteiger partial charge in [0.1, 0.15) is 5.65 Å². The van der Waals surface area contributed by atoms with E-state index < -0.39 is 11.9 Å². The molecule has 1 saturated carbocycles. The molecule has 1 amide bonds. The second-order valence-corrected chi connectivity index (χ2v) is 5.91. The van der Waals surface area contributed by atoms with Crippen molar-refractivity contribution in [3.05, 3.63) is 35.2 Å². The molecule has 2 atom stereocenters. The summed E-state index contributed by atoms with van der Waals surface area (Å²) in [5, 5.41) is 12.2. The third-order valence-corrected chi connectivity index (χ3v) is 4.32. The molecule has 2 N–H and O–H groups in total. The molecule has 2 aromatic rings. The Kier molecular flexibility index (Phi) is 4.02. The van der Waals surface area contributed by atoms with Crippen LogP contribution in [0.3, 0.4) is 0 Å². The summed E-state index contributed by atoms with van der Waals surface area (Å²) >= 11 is 6.07. The van der Waals surface area contributed by atoms with E-state index in [0.717, 1.165) is 12.8 Å². The van der Waals surface area contributed by atoms with Crippen molar-refractivity contribution in [2.45, 2.75) is 31.7 Å². The number of imidazole rings is 1. The van der Waals surface area contributed by atoms with Gasteiger partial charge in [0.2, 0.25) is 0 Å². The van der Waals surface area contributed by atoms with Crippen LogP contribution in [0.1, 0.15) is 36.2 Å². The Labute approximate surface area is 132 Å². The minimum absolute atomic E-state index is 0.146. The number of halogens is 1. The Morgan fingerprint density at radius 3 is 2.95 bits per heavy atom. The van der Waals surface area contributed by atoms with Gasteiger partial charge in [-0.3, -0.25) is 14.0 Å². The van der Waals surface area contributed by atoms with E-state index in [9.17, 15) is 9.59 Å². The lowest BCUT2D eigenvalue weighted by Crippen LogP contribution is -2.40. The van der Waals surface area contributed by atoms with Gasteiger partial charge in [-0.2, -0.15) is 0 Å². The molecule has 0 aromatic carbocycles. The summed E-state index contributed by atoms with van der Waals surface area (Å²) in [4.78, 5) is 27.7. The first kappa shape index (κ1) is 14.8. The molecule has 0 unspecified atom stereocenters. The smallest absolute Gasteiger partial charge is 0.306 e. The largest absolute Gasteiger partial charge is 0.481 e. The highest BCUT2D eigenvalue weighted by atomic mass is 35.5. The molecule has 7 heteroatoms. The predicted molar refractivity (Wildman–Crippen MR) is 81.1 cm³/mol. The van der Waals surface area contributed by atoms with Crippen LogP contribution in [0.5, 0.6) is 0 Å². The monoisotopic (exact) mass is 321 g/mol. The molecule has 0 bridgehead atoms. The minimum atomic E-state index is -0.799. The summed E-state index contributed by atoms with van der Waals surface area (Å²) in [6.07, 6.45) is 4.42. The van der Waals surface area contributed by atoms with Gasteiger partial charge in [0.15, 0.2) is 10.8 Å². The van der Waals surface area contributed by atoms with E-state index in [1.54, 1.807) is 22.7 Å². The fourth-order valence-electron chi connectivity index (χ4n) is 2.97. The highest BCUT2D eigenvalue weighted by molar-refractivity contribution is 6.32. The number of rotatable bonds is 3. The molecule has 0 spiro atoms. The molecular weight excluding hydrogens is 306 g/mol. The van der Waals surface area contributed by atoms with E-state index in [1.807, 2.05) is 6.07 Å². The molecule has 1 aliphatic carbocycles. The van der Waals surface area contributed by atoms with Crippen molar-refractivity contribution >= 4 is 29.1 Å². The molecule has 0 saturated heterocycles. The van der Waals surface area contributed by atoms with Gasteiger partial charge in [0.05, 0.1) is 5.92 Å². The van der Waals surface area contributed by atoms with Crippen LogP contribution < -0.4 is 5.32 Å². The molecule has 1 aliphatic rings. The number of hydrogen-bond donors (Lipinski definition) is 2. The first-order valence-corrected chi connectivity index (χ1v) is 7.60. The molecule has 0 aliphatic heterocycles. The minimum Gasteiger partial charge on any atom is -0.481 e. The number of aromatic nitrogens is 2. The SMILES string of the molecule is O=C(N[C@@H]1CCC[C@@H](C(=O)O)C1)c1c(Cl)nc2ccccn12. The second kappa shape index (κ2) is 5.96. The van der Waals surface area contributed by atoms with E-state index in [2.05, 4.69) is 10.3 Å². The third kappa shape index (κ3) is 2.78. The average molecular weight is 322 g/mol. The van der Waals surface area contributed by atoms with Crippen LogP contribution in [0.4, 0.5) is 0 Å². The summed E-state index contributed by atoms with van der Waals surface area (Å²) < 4.78 is 1.63. The molecule has 116 valence electrons. The van der Waals surface area contributed by atoms with Gasteiger partial charge in [0.25, 0.3) is 5.91 Å². The van der Waals surface area contributed by atoms with Crippen LogP contribution in [0.15, 0.2) is 24.4 Å². The van der Waals surface area contributed by atoms with Crippen LogP contribution in [0, 0.1) is 5.92 Å². The van der Waals surface area contributed by atoms with Crippen molar-refractivity contribution in [3.8, 4) is 0 Å². The number of amides is 1. The summed E-state index contributed by atoms with van der Waals surface area (Å²) in [5.74, 6) is -1.51. The molecule has 2 aromatic heterocycles. The Hall–Kier alpha value is -2.08. The first-order chi connectivity index (χ1) is 10.6. The van der Waals surface area contributed by atoms with Gasteiger partial charge in [-0.25, -0.2) is 4.98 Å². The molecule has 1 fully saturated rings. The number of nitrogens with one attached hydrogen (secondary N) is 1. The van der Waals surface area contributed by atoms with E-state index in [4.69, 9.17) is 16.7 Å². The van der Waals surface area contributed by atoms with Gasteiger partial charge >= 0.3 is 5.97 Å². The molecule has 6 nitrogen and oxygen atoms in total. The van der Waals surface area contributed by atoms with Crippen molar-refractivity contribution in [1.29, 1.82) is 0 Å². The molecular formula is C15H16ClN3O3. The van der Waals surface area contributed by atoms with E-state index in [1.165, 1.54) is 0 Å². The standard InChI is InChI=1S/C15H16ClN3O3/c16-13-12(19-7-2-1-6-11(19)18-13)14(20)17-10-5-3-4-9(8-10)15(21)22/h1-2,6-7,9-10H,3-5,8H2,(H,17,20)(H,21,22)/t9-,10-/m1/s1. The predicted octanol–water partition coefficient (Wildman–Crippen LogP) is 2.36. The fraction of sp³-hybridized carbons (Fsp3) is 0.400. The zero-order valence-corrected chi connectivity index (χ0v) is 12.6. The molecule has 2 heterocycles. The Morgan fingerprint density at radius 2 is 2.18 bits per heavy atom. The number of nitrogens with zero attached hydrogens (tertiary/aromatic N) is 2. The van der Waals surface area contributed by atoms with Crippen LogP contribution in [-0.2, 0) is 4.79 Å². The van der Waals surface area contributed by atoms with Crippen molar-refractivity contribution in [2.24, 2.45) is 5.92 Å². The number of pyridine rings is 1. The topological polar surface area (TPSA) is 83.7 Å². The molecule has 0 radical (unpaired) electrons. The highest BCUT2D eigenvalue weighted by Gasteiger charge is 2.29. The van der Waals surface area contributed by atoms with Crippen LogP contribution in [-0.4, -0.2) is 32.4 Å². The maximum Gasteiger partial charge on any atom is 0.306 e. The van der Waals surface area contributed by atoms with Crippen molar-refractivity contribution < 1.29 is 14.7 Å². The fourth-order valence-corrected chi connectivity index (χ4v) is 3.23. The van der Waals surface area contributed by atoms with Gasteiger partial charge in [0, 0.05) is 12.2 Å². The quantitative estimate of drug-likeness (QED) is 0.909. The summed E-state index contributed by atoms with van der Waals surface area (Å²) in [7, 11) is 0. The number of carbonyl (C=O) groups excluding carboxylic acids is 1. The first-order valence-electron chi connectivity index (χ1n) is 7.22. The van der Waals surface area contributed by atoms with Gasteiger partial charge in [-0.15, -0.1) is 0 Å². The number of aliphatic carboxylic acids is 1. The lowest BCUT2D eigenvalue weighted by atomic mass is 9.86. The Balaban J connectivity index is 1.79. The molecule has 22 heavy (non-hydrogen) atoms. The maximum absolute atomic E-state index is 12.5. The average Bonchev–Trinajstić information content (AvgIpc) is 2.83. The molecule has 3 rings (SSSR count). The van der Waals surface area contributed by atoms with Crippen molar-refractivity contribution in [2.75, 3.05) is 0 Å². The normalized spacial score (nSPS) is 21.7. The zero-order valence-electron chi connectivity index (χ0n) is 11.8.